The van der Waals surface area contributed by atoms with E-state index in [1.807, 2.05) is 15.6 Å². The molecule has 11 N–H and O–H groups in total. The molecule has 2 aliphatic rings. The second-order valence-electron chi connectivity index (χ2n) is 11.6. The molecular formula is C29H36N5O18P. The number of hydrogen-bond acceptors (Lipinski definition) is 14. The van der Waals surface area contributed by atoms with Gasteiger partial charge in [-0.1, -0.05) is 0 Å². The number of aliphatic hydroxyl groups excluding tert-OH is 3. The van der Waals surface area contributed by atoms with Gasteiger partial charge < -0.3 is 50.7 Å². The lowest BCUT2D eigenvalue weighted by Crippen LogP contribution is -2.46. The minimum atomic E-state index is -5.25. The Morgan fingerprint density at radius 2 is 1.51 bits per heavy atom. The number of aliphatic hydroxyl groups is 3. The van der Waals surface area contributed by atoms with Crippen molar-refractivity contribution < 1.29 is 73.1 Å². The van der Waals surface area contributed by atoms with E-state index in [0.717, 1.165) is 17.6 Å². The monoisotopic (exact) mass is 773 g/mol. The van der Waals surface area contributed by atoms with Crippen LogP contribution in [0.4, 0.5) is 0 Å². The van der Waals surface area contributed by atoms with Gasteiger partial charge in [0.1, 0.15) is 42.1 Å². The molecule has 1 aromatic heterocycles. The van der Waals surface area contributed by atoms with Gasteiger partial charge in [-0.15, -0.1) is 0 Å². The SMILES string of the molecule is C[C@H](OP(=O)(O)OCC(O)C(O)C(O)Cn1c2cc(=O)ccc-2cc2c(=O)[nH]c(=O)[nH]c21)C(=O)N[C@H](CCC(=O)N[C@@H](CCC(=O)O)C(=O)O)C(=O)O. The number of aromatic amines is 2. The summed E-state index contributed by atoms with van der Waals surface area (Å²) in [6, 6.07) is 1.70. The maximum absolute atomic E-state index is 12.5. The number of carbonyl (C=O) groups excluding carboxylic acids is 2. The number of aliphatic carboxylic acids is 3. The highest BCUT2D eigenvalue weighted by Gasteiger charge is 2.34. The normalized spacial score (nSPS) is 16.1. The number of phosphoric ester groups is 1. The fourth-order valence-electron chi connectivity index (χ4n) is 4.89. The van der Waals surface area contributed by atoms with E-state index in [1.54, 1.807) is 0 Å². The third kappa shape index (κ3) is 11.9. The standard InChI is InChI=1S/C29H36N5O18P/c1-12(25(42)31-17(28(46)47)4-6-21(38)30-16(27(44)45)5-7-22(39)40)52-53(49,50)51-11-20(37)23(41)19(36)10-34-18-9-14(35)3-2-13(18)8-15-24(34)32-29(48)33-26(15)43/h2-3,8-9,12,16-17,19-20,23,36-37,41H,4-7,10-11H2,1H3,(H,30,38)(H,31,42)(H,39,40)(H,44,45)(H,46,47)(H,49,50)(H2,32,33,43,48)/t12-,16-,17+,19?,20?,23?/m0/s1. The summed E-state index contributed by atoms with van der Waals surface area (Å²) in [7, 11) is -5.25. The summed E-state index contributed by atoms with van der Waals surface area (Å²) in [5, 5.41) is 63.0. The zero-order valence-corrected chi connectivity index (χ0v) is 28.4. The number of phosphoric acid groups is 1. The van der Waals surface area contributed by atoms with Crippen molar-refractivity contribution in [2.45, 2.75) is 75.7 Å². The Kier molecular flexibility index (Phi) is 14.3. The number of aromatic nitrogens is 3. The number of benzene rings is 1. The summed E-state index contributed by atoms with van der Waals surface area (Å²) in [5.74, 6) is -6.76. The van der Waals surface area contributed by atoms with Gasteiger partial charge in [0.05, 0.1) is 24.2 Å². The Balaban J connectivity index is 1.59. The summed E-state index contributed by atoms with van der Waals surface area (Å²) in [5.41, 5.74) is -1.91. The van der Waals surface area contributed by atoms with Gasteiger partial charge in [-0.3, -0.25) is 43.0 Å². The fourth-order valence-corrected chi connectivity index (χ4v) is 5.79. The predicted molar refractivity (Wildman–Crippen MR) is 176 cm³/mol. The topological polar surface area (TPSA) is 374 Å². The number of carbonyl (C=O) groups is 5. The number of carboxylic acid groups (broad SMARTS) is 3. The average molecular weight is 774 g/mol. The predicted octanol–water partition coefficient (Wildman–Crippen LogP) is -3.13. The minimum Gasteiger partial charge on any atom is -0.481 e. The van der Waals surface area contributed by atoms with E-state index in [0.29, 0.717) is 5.56 Å². The molecule has 0 saturated carbocycles. The number of rotatable bonds is 20. The Morgan fingerprint density at radius 1 is 0.887 bits per heavy atom. The van der Waals surface area contributed by atoms with Crippen LogP contribution in [0.5, 0.6) is 0 Å². The molecule has 1 aliphatic heterocycles. The second kappa shape index (κ2) is 18.0. The first-order chi connectivity index (χ1) is 24.7. The number of H-pyrrole nitrogens is 2. The molecule has 0 bridgehead atoms. The molecule has 7 atom stereocenters. The third-order valence-electron chi connectivity index (χ3n) is 7.60. The average Bonchev–Trinajstić information content (AvgIpc) is 3.06. The van der Waals surface area contributed by atoms with Gasteiger partial charge in [-0.05, 0) is 43.5 Å². The first kappa shape index (κ1) is 42.1. The van der Waals surface area contributed by atoms with Crippen molar-refractivity contribution in [3.05, 3.63) is 55.3 Å². The lowest BCUT2D eigenvalue weighted by atomic mass is 10.0. The molecule has 24 heteroatoms. The molecule has 290 valence electrons. The summed E-state index contributed by atoms with van der Waals surface area (Å²) in [6.07, 6.45) is -10.3. The van der Waals surface area contributed by atoms with Crippen LogP contribution >= 0.6 is 7.82 Å². The third-order valence-corrected chi connectivity index (χ3v) is 8.66. The van der Waals surface area contributed by atoms with E-state index < -0.39 is 130 Å². The lowest BCUT2D eigenvalue weighted by molar-refractivity contribution is -0.144. The molecule has 0 radical (unpaired) electrons. The molecule has 2 amide bonds. The maximum atomic E-state index is 12.5. The van der Waals surface area contributed by atoms with Gasteiger partial charge in [0.15, 0.2) is 5.43 Å². The van der Waals surface area contributed by atoms with Crippen molar-refractivity contribution in [1.29, 1.82) is 0 Å². The summed E-state index contributed by atoms with van der Waals surface area (Å²) < 4.78 is 23.0. The van der Waals surface area contributed by atoms with E-state index in [1.165, 1.54) is 18.2 Å². The van der Waals surface area contributed by atoms with Gasteiger partial charge >= 0.3 is 31.4 Å². The van der Waals surface area contributed by atoms with E-state index in [-0.39, 0.29) is 16.7 Å². The van der Waals surface area contributed by atoms with Crippen LogP contribution in [-0.4, -0.2) is 123 Å². The van der Waals surface area contributed by atoms with Crippen LogP contribution in [0, 0.1) is 0 Å². The highest BCUT2D eigenvalue weighted by Crippen LogP contribution is 2.44. The van der Waals surface area contributed by atoms with E-state index >= 15 is 0 Å². The number of fused-ring (bicyclic) bond motifs is 2. The van der Waals surface area contributed by atoms with Crippen LogP contribution in [0.1, 0.15) is 32.6 Å². The van der Waals surface area contributed by atoms with E-state index in [2.05, 4.69) is 14.0 Å². The quantitative estimate of drug-likeness (QED) is 0.0399. The Hall–Kier alpha value is -5.29. The van der Waals surface area contributed by atoms with Gasteiger partial charge in [0.2, 0.25) is 11.8 Å². The molecule has 2 heterocycles. The Morgan fingerprint density at radius 3 is 2.13 bits per heavy atom. The van der Waals surface area contributed by atoms with Crippen LogP contribution < -0.4 is 27.3 Å². The number of nitrogens with one attached hydrogen (secondary N) is 4. The number of amides is 2. The molecular weight excluding hydrogens is 737 g/mol. The summed E-state index contributed by atoms with van der Waals surface area (Å²) in [4.78, 5) is 109. The number of carboxylic acids is 3. The highest BCUT2D eigenvalue weighted by molar-refractivity contribution is 7.47. The first-order valence-electron chi connectivity index (χ1n) is 15.5. The molecule has 23 nitrogen and oxygen atoms in total. The van der Waals surface area contributed by atoms with Crippen LogP contribution in [0.2, 0.25) is 0 Å². The number of pyridine rings is 1. The van der Waals surface area contributed by atoms with Crippen molar-refractivity contribution in [2.24, 2.45) is 0 Å². The molecule has 0 fully saturated rings. The van der Waals surface area contributed by atoms with Crippen LogP contribution in [-0.2, 0) is 44.1 Å². The minimum absolute atomic E-state index is 0.0585. The van der Waals surface area contributed by atoms with E-state index in [9.17, 15) is 68.2 Å². The zero-order chi connectivity index (χ0) is 39.8. The Bertz CT molecular complexity index is 2040. The molecule has 4 unspecified atom stereocenters. The molecule has 3 rings (SSSR count). The van der Waals surface area contributed by atoms with Crippen LogP contribution in [0.25, 0.3) is 22.3 Å². The lowest BCUT2D eigenvalue weighted by Gasteiger charge is -2.26. The summed E-state index contributed by atoms with van der Waals surface area (Å²) >= 11 is 0. The molecule has 0 spiro atoms. The molecule has 0 aromatic carbocycles. The molecule has 0 saturated heterocycles. The smallest absolute Gasteiger partial charge is 0.473 e. The molecule has 1 aromatic rings. The fraction of sp³-hybridized carbons (Fsp3) is 0.448. The second-order valence-corrected chi connectivity index (χ2v) is 13.0. The first-order valence-corrected chi connectivity index (χ1v) is 17.0. The largest absolute Gasteiger partial charge is 0.481 e. The van der Waals surface area contributed by atoms with Crippen molar-refractivity contribution >= 4 is 48.6 Å². The van der Waals surface area contributed by atoms with Crippen LogP contribution in [0.15, 0.2) is 38.6 Å². The van der Waals surface area contributed by atoms with Crippen LogP contribution in [0.3, 0.4) is 0 Å². The van der Waals surface area contributed by atoms with Crippen molar-refractivity contribution in [3.8, 4) is 11.3 Å². The zero-order valence-electron chi connectivity index (χ0n) is 27.5. The van der Waals surface area contributed by atoms with Crippen molar-refractivity contribution in [1.82, 2.24) is 25.2 Å². The van der Waals surface area contributed by atoms with Crippen molar-refractivity contribution in [3.63, 3.8) is 0 Å². The van der Waals surface area contributed by atoms with Gasteiger partial charge in [0, 0.05) is 18.9 Å². The van der Waals surface area contributed by atoms with Gasteiger partial charge in [-0.2, -0.15) is 0 Å². The maximum Gasteiger partial charge on any atom is 0.473 e. The number of hydrogen-bond donors (Lipinski definition) is 11. The highest BCUT2D eigenvalue weighted by atomic mass is 31.2. The molecule has 53 heavy (non-hydrogen) atoms. The van der Waals surface area contributed by atoms with Gasteiger partial charge in [-0.25, -0.2) is 18.9 Å². The summed E-state index contributed by atoms with van der Waals surface area (Å²) in [6.45, 7) is -0.910. The van der Waals surface area contributed by atoms with E-state index in [4.69, 9.17) is 10.2 Å². The Labute approximate surface area is 295 Å². The van der Waals surface area contributed by atoms with Crippen molar-refractivity contribution in [2.75, 3.05) is 6.61 Å². The number of nitrogens with zero attached hydrogens (tertiary/aromatic N) is 1. The van der Waals surface area contributed by atoms with Gasteiger partial charge in [0.25, 0.3) is 5.56 Å². The molecule has 1 aliphatic carbocycles.